The predicted octanol–water partition coefficient (Wildman–Crippen LogP) is 1.74. The van der Waals surface area contributed by atoms with Gasteiger partial charge in [-0.2, -0.15) is 11.3 Å². The molecule has 0 amide bonds. The average molecular weight is 316 g/mol. The zero-order valence-electron chi connectivity index (χ0n) is 8.68. The molecule has 1 unspecified atom stereocenters. The normalized spacial score (nSPS) is 12.4. The van der Waals surface area contributed by atoms with Gasteiger partial charge < -0.3 is 15.4 Å². The minimum absolute atomic E-state index is 0.257. The topological polar surface area (TPSA) is 78.0 Å². The van der Waals surface area contributed by atoms with Crippen molar-refractivity contribution in [2.45, 2.75) is 6.10 Å². The second-order valence-corrected chi connectivity index (χ2v) is 4.92. The van der Waals surface area contributed by atoms with Crippen LogP contribution in [0.3, 0.4) is 0 Å². The van der Waals surface area contributed by atoms with Gasteiger partial charge in [-0.1, -0.05) is 0 Å². The Morgan fingerprint density at radius 3 is 3.18 bits per heavy atom. The zero-order chi connectivity index (χ0) is 12.3. The van der Waals surface area contributed by atoms with Crippen molar-refractivity contribution in [1.29, 1.82) is 0 Å². The number of hydrogen-bond acceptors (Lipinski definition) is 5. The summed E-state index contributed by atoms with van der Waals surface area (Å²) in [6.07, 6.45) is 0.695. The van der Waals surface area contributed by atoms with Crippen LogP contribution in [0.2, 0.25) is 0 Å². The standard InChI is InChI=1S/C10H10BrN3O2S/c11-8-9(13-5-14-10(8)16)12-3-7(15)6-1-2-17-4-6/h1-2,4-5,7,15H,3H2,(H2,12,13,14,16). The summed E-state index contributed by atoms with van der Waals surface area (Å²) in [6, 6.07) is 1.86. The van der Waals surface area contributed by atoms with Crippen molar-refractivity contribution in [1.82, 2.24) is 9.97 Å². The molecule has 2 aromatic rings. The molecule has 90 valence electrons. The molecule has 2 rings (SSSR count). The van der Waals surface area contributed by atoms with Crippen LogP contribution in [0.5, 0.6) is 0 Å². The van der Waals surface area contributed by atoms with Crippen molar-refractivity contribution in [3.8, 4) is 0 Å². The number of aliphatic hydroxyl groups excluding tert-OH is 1. The molecule has 5 nitrogen and oxygen atoms in total. The molecule has 2 heterocycles. The molecule has 3 N–H and O–H groups in total. The molecule has 0 bridgehead atoms. The summed E-state index contributed by atoms with van der Waals surface area (Å²) in [7, 11) is 0. The van der Waals surface area contributed by atoms with E-state index >= 15 is 0 Å². The Morgan fingerprint density at radius 2 is 2.47 bits per heavy atom. The van der Waals surface area contributed by atoms with Gasteiger partial charge in [-0.05, 0) is 38.3 Å². The summed E-state index contributed by atoms with van der Waals surface area (Å²) in [4.78, 5) is 17.7. The van der Waals surface area contributed by atoms with E-state index in [9.17, 15) is 9.90 Å². The van der Waals surface area contributed by atoms with E-state index in [0.717, 1.165) is 5.56 Å². The maximum Gasteiger partial charge on any atom is 0.267 e. The lowest BCUT2D eigenvalue weighted by Crippen LogP contribution is -2.16. The number of anilines is 1. The van der Waals surface area contributed by atoms with E-state index in [1.54, 1.807) is 0 Å². The minimum atomic E-state index is -0.616. The Labute approximate surface area is 110 Å². The van der Waals surface area contributed by atoms with E-state index in [2.05, 4.69) is 31.2 Å². The predicted molar refractivity (Wildman–Crippen MR) is 70.3 cm³/mol. The summed E-state index contributed by atoms with van der Waals surface area (Å²) in [5, 5.41) is 16.5. The molecule has 1 atom stereocenters. The van der Waals surface area contributed by atoms with E-state index in [-0.39, 0.29) is 5.56 Å². The van der Waals surface area contributed by atoms with Gasteiger partial charge in [0.1, 0.15) is 10.3 Å². The van der Waals surface area contributed by atoms with E-state index in [1.165, 1.54) is 17.7 Å². The Balaban J connectivity index is 2.03. The van der Waals surface area contributed by atoms with Crippen molar-refractivity contribution in [2.75, 3.05) is 11.9 Å². The quantitative estimate of drug-likeness (QED) is 0.803. The van der Waals surface area contributed by atoms with Crippen molar-refractivity contribution in [3.63, 3.8) is 0 Å². The molecule has 7 heteroatoms. The van der Waals surface area contributed by atoms with Gasteiger partial charge in [0.25, 0.3) is 5.56 Å². The Kier molecular flexibility index (Phi) is 3.93. The van der Waals surface area contributed by atoms with Gasteiger partial charge in [0, 0.05) is 6.54 Å². The first-order valence-corrected chi connectivity index (χ1v) is 6.59. The third-order valence-electron chi connectivity index (χ3n) is 2.19. The molecule has 0 aliphatic rings. The number of aromatic nitrogens is 2. The lowest BCUT2D eigenvalue weighted by atomic mass is 10.2. The number of nitrogens with zero attached hydrogens (tertiary/aromatic N) is 1. The van der Waals surface area contributed by atoms with E-state index in [0.29, 0.717) is 16.8 Å². The first-order chi connectivity index (χ1) is 8.18. The maximum atomic E-state index is 11.3. The van der Waals surface area contributed by atoms with Crippen molar-refractivity contribution in [2.24, 2.45) is 0 Å². The van der Waals surface area contributed by atoms with Gasteiger partial charge in [-0.25, -0.2) is 4.98 Å². The fourth-order valence-electron chi connectivity index (χ4n) is 1.28. The van der Waals surface area contributed by atoms with Gasteiger partial charge in [0.15, 0.2) is 0 Å². The molecule has 0 aliphatic carbocycles. The first kappa shape index (κ1) is 12.3. The SMILES string of the molecule is O=c1[nH]cnc(NCC(O)c2ccsc2)c1Br. The molecule has 0 saturated heterocycles. The van der Waals surface area contributed by atoms with Crippen LogP contribution in [0.1, 0.15) is 11.7 Å². The van der Waals surface area contributed by atoms with Crippen LogP contribution in [-0.2, 0) is 0 Å². The van der Waals surface area contributed by atoms with Gasteiger partial charge in [-0.15, -0.1) is 0 Å². The molecule has 2 aromatic heterocycles. The summed E-state index contributed by atoms with van der Waals surface area (Å²) in [6.45, 7) is 0.297. The molecule has 0 saturated carbocycles. The minimum Gasteiger partial charge on any atom is -0.387 e. The zero-order valence-corrected chi connectivity index (χ0v) is 11.1. The lowest BCUT2D eigenvalue weighted by Gasteiger charge is -2.11. The number of rotatable bonds is 4. The number of H-pyrrole nitrogens is 1. The molecule has 0 aromatic carbocycles. The summed E-state index contributed by atoms with van der Waals surface area (Å²) < 4.78 is 0.331. The number of thiophene rings is 1. The second kappa shape index (κ2) is 5.44. The highest BCUT2D eigenvalue weighted by atomic mass is 79.9. The van der Waals surface area contributed by atoms with Crippen LogP contribution in [0, 0.1) is 0 Å². The molecule has 0 aliphatic heterocycles. The summed E-state index contributed by atoms with van der Waals surface area (Å²) in [5.41, 5.74) is 0.594. The van der Waals surface area contributed by atoms with E-state index < -0.39 is 6.10 Å². The largest absolute Gasteiger partial charge is 0.387 e. The Hall–Kier alpha value is -1.18. The van der Waals surface area contributed by atoms with Crippen molar-refractivity contribution in [3.05, 3.63) is 43.5 Å². The lowest BCUT2D eigenvalue weighted by molar-refractivity contribution is 0.192. The van der Waals surface area contributed by atoms with Crippen LogP contribution < -0.4 is 10.9 Å². The van der Waals surface area contributed by atoms with Gasteiger partial charge in [-0.3, -0.25) is 4.79 Å². The van der Waals surface area contributed by atoms with Gasteiger partial charge in [0.2, 0.25) is 0 Å². The number of hydrogen-bond donors (Lipinski definition) is 3. The number of halogens is 1. The summed E-state index contributed by atoms with van der Waals surface area (Å²) in [5.74, 6) is 0.419. The smallest absolute Gasteiger partial charge is 0.267 e. The van der Waals surface area contributed by atoms with E-state index in [1.807, 2.05) is 16.8 Å². The fourth-order valence-corrected chi connectivity index (χ4v) is 2.35. The first-order valence-electron chi connectivity index (χ1n) is 4.85. The van der Waals surface area contributed by atoms with Gasteiger partial charge >= 0.3 is 0 Å². The number of aromatic amines is 1. The van der Waals surface area contributed by atoms with Crippen LogP contribution in [0.15, 0.2) is 32.4 Å². The second-order valence-electron chi connectivity index (χ2n) is 3.35. The van der Waals surface area contributed by atoms with Crippen LogP contribution >= 0.6 is 27.3 Å². The van der Waals surface area contributed by atoms with Gasteiger partial charge in [0.05, 0.1) is 12.4 Å². The fraction of sp³-hybridized carbons (Fsp3) is 0.200. The number of nitrogens with one attached hydrogen (secondary N) is 2. The highest BCUT2D eigenvalue weighted by molar-refractivity contribution is 9.10. The molecular formula is C10H10BrN3O2S. The Morgan fingerprint density at radius 1 is 1.65 bits per heavy atom. The maximum absolute atomic E-state index is 11.3. The third-order valence-corrected chi connectivity index (χ3v) is 3.62. The molecule has 0 fully saturated rings. The molecule has 0 radical (unpaired) electrons. The highest BCUT2D eigenvalue weighted by Crippen LogP contribution is 2.18. The third kappa shape index (κ3) is 2.93. The Bertz CT molecular complexity index is 541. The summed E-state index contributed by atoms with van der Waals surface area (Å²) >= 11 is 4.66. The van der Waals surface area contributed by atoms with Crippen molar-refractivity contribution >= 4 is 33.1 Å². The molecule has 0 spiro atoms. The van der Waals surface area contributed by atoms with Crippen LogP contribution in [-0.4, -0.2) is 21.6 Å². The molecular weight excluding hydrogens is 306 g/mol. The van der Waals surface area contributed by atoms with Crippen molar-refractivity contribution < 1.29 is 5.11 Å². The average Bonchev–Trinajstić information content (AvgIpc) is 2.84. The monoisotopic (exact) mass is 315 g/mol. The number of aliphatic hydroxyl groups is 1. The van der Waals surface area contributed by atoms with Crippen LogP contribution in [0.4, 0.5) is 5.82 Å². The highest BCUT2D eigenvalue weighted by Gasteiger charge is 2.10. The van der Waals surface area contributed by atoms with Crippen LogP contribution in [0.25, 0.3) is 0 Å². The van der Waals surface area contributed by atoms with E-state index in [4.69, 9.17) is 0 Å². The molecule has 17 heavy (non-hydrogen) atoms.